The Balaban J connectivity index is 2.33. The van der Waals surface area contributed by atoms with Crippen LogP contribution >= 0.6 is 0 Å². The Morgan fingerprint density at radius 1 is 1.35 bits per heavy atom. The highest BCUT2D eigenvalue weighted by Crippen LogP contribution is 2.30. The molecule has 1 aliphatic rings. The van der Waals surface area contributed by atoms with Crippen LogP contribution in [-0.4, -0.2) is 24.4 Å². The number of rotatable bonds is 2. The third-order valence-electron chi connectivity index (χ3n) is 3.49. The van der Waals surface area contributed by atoms with Crippen molar-refractivity contribution in [2.24, 2.45) is 5.92 Å². The Labute approximate surface area is 120 Å². The highest BCUT2D eigenvalue weighted by atomic mass is 16.2. The van der Waals surface area contributed by atoms with Gasteiger partial charge in [0.2, 0.25) is 5.91 Å². The second-order valence-corrected chi connectivity index (χ2v) is 5.91. The Morgan fingerprint density at radius 2 is 2.05 bits per heavy atom. The van der Waals surface area contributed by atoms with E-state index >= 15 is 0 Å². The van der Waals surface area contributed by atoms with Crippen molar-refractivity contribution >= 4 is 17.5 Å². The van der Waals surface area contributed by atoms with Crippen LogP contribution in [0.25, 0.3) is 0 Å². The van der Waals surface area contributed by atoms with Gasteiger partial charge in [0.05, 0.1) is 0 Å². The van der Waals surface area contributed by atoms with Crippen LogP contribution in [0.5, 0.6) is 0 Å². The number of carbonyl (C=O) groups is 2. The Hall–Kier alpha value is -1.84. The molecule has 1 N–H and O–H groups in total. The third-order valence-corrected chi connectivity index (χ3v) is 3.49. The zero-order valence-corrected chi connectivity index (χ0v) is 12.6. The van der Waals surface area contributed by atoms with Crippen LogP contribution in [0, 0.1) is 5.92 Å². The van der Waals surface area contributed by atoms with Crippen molar-refractivity contribution in [2.75, 3.05) is 11.4 Å². The molecule has 0 bridgehead atoms. The van der Waals surface area contributed by atoms with E-state index in [1.54, 1.807) is 17.9 Å². The Bertz CT molecular complexity index is 537. The monoisotopic (exact) mass is 274 g/mol. The van der Waals surface area contributed by atoms with Crippen LogP contribution < -0.4 is 10.2 Å². The molecular formula is C16H22N2O2. The molecule has 2 rings (SSSR count). The number of amides is 2. The normalized spacial score (nSPS) is 17.9. The molecule has 1 aromatic rings. The zero-order valence-electron chi connectivity index (χ0n) is 12.6. The van der Waals surface area contributed by atoms with Crippen LogP contribution in [0.3, 0.4) is 0 Å². The highest BCUT2D eigenvalue weighted by Gasteiger charge is 2.25. The molecule has 0 saturated carbocycles. The second kappa shape index (κ2) is 5.65. The molecule has 1 aromatic carbocycles. The molecule has 1 atom stereocenters. The van der Waals surface area contributed by atoms with Gasteiger partial charge in [0, 0.05) is 30.8 Å². The quantitative estimate of drug-likeness (QED) is 0.900. The van der Waals surface area contributed by atoms with E-state index in [4.69, 9.17) is 0 Å². The lowest BCUT2D eigenvalue weighted by Crippen LogP contribution is -2.38. The zero-order chi connectivity index (χ0) is 14.9. The average Bonchev–Trinajstić information content (AvgIpc) is 2.35. The summed E-state index contributed by atoms with van der Waals surface area (Å²) in [6, 6.07) is 5.71. The van der Waals surface area contributed by atoms with Crippen molar-refractivity contribution in [2.45, 2.75) is 40.2 Å². The van der Waals surface area contributed by atoms with E-state index in [1.165, 1.54) is 0 Å². The van der Waals surface area contributed by atoms with E-state index in [0.717, 1.165) is 24.2 Å². The van der Waals surface area contributed by atoms with Gasteiger partial charge in [-0.2, -0.15) is 0 Å². The number of nitrogens with one attached hydrogen (secondary N) is 1. The summed E-state index contributed by atoms with van der Waals surface area (Å²) in [4.78, 5) is 25.6. The van der Waals surface area contributed by atoms with Crippen LogP contribution in [0.1, 0.15) is 43.6 Å². The van der Waals surface area contributed by atoms with Crippen molar-refractivity contribution in [1.82, 2.24) is 5.32 Å². The minimum absolute atomic E-state index is 0.0529. The molecule has 2 amide bonds. The van der Waals surface area contributed by atoms with Gasteiger partial charge in [-0.25, -0.2) is 0 Å². The number of carbonyl (C=O) groups excluding carboxylic acids is 2. The highest BCUT2D eigenvalue weighted by molar-refractivity contribution is 5.97. The molecular weight excluding hydrogens is 252 g/mol. The summed E-state index contributed by atoms with van der Waals surface area (Å²) in [5.41, 5.74) is 2.68. The van der Waals surface area contributed by atoms with Crippen molar-refractivity contribution in [3.05, 3.63) is 29.3 Å². The van der Waals surface area contributed by atoms with Crippen molar-refractivity contribution in [3.8, 4) is 0 Å². The first-order valence-corrected chi connectivity index (χ1v) is 7.10. The van der Waals surface area contributed by atoms with Gasteiger partial charge in [-0.1, -0.05) is 6.92 Å². The number of benzene rings is 1. The topological polar surface area (TPSA) is 49.4 Å². The maximum atomic E-state index is 12.0. The van der Waals surface area contributed by atoms with Gasteiger partial charge in [-0.05, 0) is 49.9 Å². The predicted molar refractivity (Wildman–Crippen MR) is 79.9 cm³/mol. The molecule has 0 unspecified atom stereocenters. The first kappa shape index (κ1) is 14.6. The Morgan fingerprint density at radius 3 is 2.65 bits per heavy atom. The molecule has 4 nitrogen and oxygen atoms in total. The fourth-order valence-electron chi connectivity index (χ4n) is 2.65. The van der Waals surface area contributed by atoms with E-state index in [0.29, 0.717) is 11.5 Å². The maximum absolute atomic E-state index is 12.0. The Kier molecular flexibility index (Phi) is 4.12. The summed E-state index contributed by atoms with van der Waals surface area (Å²) < 4.78 is 0. The van der Waals surface area contributed by atoms with Crippen molar-refractivity contribution in [3.63, 3.8) is 0 Å². The number of hydrogen-bond acceptors (Lipinski definition) is 2. The SMILES string of the molecule is CC(=O)N1C[C@H](C)Cc2cc(C(=O)NC(C)C)ccc21. The first-order valence-electron chi connectivity index (χ1n) is 7.10. The molecule has 0 aliphatic carbocycles. The molecule has 0 radical (unpaired) electrons. The smallest absolute Gasteiger partial charge is 0.251 e. The molecule has 1 heterocycles. The number of hydrogen-bond donors (Lipinski definition) is 1. The summed E-state index contributed by atoms with van der Waals surface area (Å²) in [5.74, 6) is 0.405. The van der Waals surface area contributed by atoms with Gasteiger partial charge < -0.3 is 10.2 Å². The number of fused-ring (bicyclic) bond motifs is 1. The van der Waals surface area contributed by atoms with Crippen LogP contribution in [0.4, 0.5) is 5.69 Å². The predicted octanol–water partition coefficient (Wildman–Crippen LogP) is 2.37. The summed E-state index contributed by atoms with van der Waals surface area (Å²) in [6.07, 6.45) is 0.905. The van der Waals surface area contributed by atoms with E-state index in [9.17, 15) is 9.59 Å². The summed E-state index contributed by atoms with van der Waals surface area (Å²) in [6.45, 7) is 8.34. The molecule has 0 fully saturated rings. The van der Waals surface area contributed by atoms with E-state index < -0.39 is 0 Å². The minimum Gasteiger partial charge on any atom is -0.350 e. The van der Waals surface area contributed by atoms with Crippen LogP contribution in [0.2, 0.25) is 0 Å². The fraction of sp³-hybridized carbons (Fsp3) is 0.500. The van der Waals surface area contributed by atoms with E-state index in [1.807, 2.05) is 26.0 Å². The summed E-state index contributed by atoms with van der Waals surface area (Å²) >= 11 is 0. The average molecular weight is 274 g/mol. The molecule has 0 spiro atoms. The largest absolute Gasteiger partial charge is 0.350 e. The van der Waals surface area contributed by atoms with Crippen LogP contribution in [-0.2, 0) is 11.2 Å². The van der Waals surface area contributed by atoms with Gasteiger partial charge in [0.25, 0.3) is 5.91 Å². The molecule has 20 heavy (non-hydrogen) atoms. The van der Waals surface area contributed by atoms with Gasteiger partial charge in [0.15, 0.2) is 0 Å². The van der Waals surface area contributed by atoms with Gasteiger partial charge in [-0.15, -0.1) is 0 Å². The second-order valence-electron chi connectivity index (χ2n) is 5.91. The third kappa shape index (κ3) is 3.00. The maximum Gasteiger partial charge on any atom is 0.251 e. The van der Waals surface area contributed by atoms with Crippen molar-refractivity contribution in [1.29, 1.82) is 0 Å². The molecule has 0 saturated heterocycles. The van der Waals surface area contributed by atoms with E-state index in [2.05, 4.69) is 12.2 Å². The first-order chi connectivity index (χ1) is 9.38. The summed E-state index contributed by atoms with van der Waals surface area (Å²) in [5, 5.41) is 2.89. The van der Waals surface area contributed by atoms with Gasteiger partial charge in [0.1, 0.15) is 0 Å². The van der Waals surface area contributed by atoms with Crippen LogP contribution in [0.15, 0.2) is 18.2 Å². The lowest BCUT2D eigenvalue weighted by molar-refractivity contribution is -0.116. The number of anilines is 1. The molecule has 108 valence electrons. The standard InChI is InChI=1S/C16H22N2O2/c1-10(2)17-16(20)13-5-6-15-14(8-13)7-11(3)9-18(15)12(4)19/h5-6,8,10-11H,7,9H2,1-4H3,(H,17,20)/t11-/m1/s1. The molecule has 1 aliphatic heterocycles. The summed E-state index contributed by atoms with van der Waals surface area (Å²) in [7, 11) is 0. The fourth-order valence-corrected chi connectivity index (χ4v) is 2.65. The number of nitrogens with zero attached hydrogens (tertiary/aromatic N) is 1. The van der Waals surface area contributed by atoms with Gasteiger partial charge in [-0.3, -0.25) is 9.59 Å². The minimum atomic E-state index is -0.0598. The lowest BCUT2D eigenvalue weighted by Gasteiger charge is -2.32. The van der Waals surface area contributed by atoms with Crippen molar-refractivity contribution < 1.29 is 9.59 Å². The van der Waals surface area contributed by atoms with E-state index in [-0.39, 0.29) is 17.9 Å². The lowest BCUT2D eigenvalue weighted by atomic mass is 9.92. The van der Waals surface area contributed by atoms with Gasteiger partial charge >= 0.3 is 0 Å². The molecule has 0 aromatic heterocycles. The molecule has 4 heteroatoms.